The lowest BCUT2D eigenvalue weighted by Crippen LogP contribution is -2.36. The lowest BCUT2D eigenvalue weighted by Gasteiger charge is -2.26. The van der Waals surface area contributed by atoms with Crippen LogP contribution < -0.4 is 0 Å². The Balaban J connectivity index is 1.74. The summed E-state index contributed by atoms with van der Waals surface area (Å²) in [6, 6.07) is 10.2. The SMILES string of the molecule is Cc1ccc(C(=O)OCc2ccc([N+](=O)[O-])cc2)cc1S(=O)(=O)N1CCCCC1. The van der Waals surface area contributed by atoms with Crippen LogP contribution >= 0.6 is 0 Å². The Morgan fingerprint density at radius 2 is 1.76 bits per heavy atom. The summed E-state index contributed by atoms with van der Waals surface area (Å²) in [6.07, 6.45) is 2.67. The summed E-state index contributed by atoms with van der Waals surface area (Å²) < 4.78 is 32.6. The Morgan fingerprint density at radius 1 is 1.10 bits per heavy atom. The van der Waals surface area contributed by atoms with Crippen LogP contribution in [0.3, 0.4) is 0 Å². The highest BCUT2D eigenvalue weighted by Crippen LogP contribution is 2.25. The topological polar surface area (TPSA) is 107 Å². The van der Waals surface area contributed by atoms with Crippen molar-refractivity contribution < 1.29 is 22.9 Å². The van der Waals surface area contributed by atoms with Gasteiger partial charge in [-0.05, 0) is 55.2 Å². The van der Waals surface area contributed by atoms with Gasteiger partial charge in [0, 0.05) is 25.2 Å². The van der Waals surface area contributed by atoms with Crippen molar-refractivity contribution in [1.82, 2.24) is 4.31 Å². The molecule has 0 atom stereocenters. The molecule has 0 amide bonds. The largest absolute Gasteiger partial charge is 0.457 e. The molecule has 0 radical (unpaired) electrons. The van der Waals surface area contributed by atoms with Crippen molar-refractivity contribution in [3.05, 3.63) is 69.3 Å². The molecule has 154 valence electrons. The van der Waals surface area contributed by atoms with Gasteiger partial charge in [0.1, 0.15) is 6.61 Å². The average molecular weight is 418 g/mol. The number of hydrogen-bond acceptors (Lipinski definition) is 6. The third-order valence-corrected chi connectivity index (χ3v) is 6.91. The van der Waals surface area contributed by atoms with Crippen molar-refractivity contribution >= 4 is 21.7 Å². The molecule has 1 heterocycles. The molecule has 3 rings (SSSR count). The number of ether oxygens (including phenoxy) is 1. The Hall–Kier alpha value is -2.78. The summed E-state index contributed by atoms with van der Waals surface area (Å²) in [5, 5.41) is 10.7. The van der Waals surface area contributed by atoms with Crippen LogP contribution in [0.5, 0.6) is 0 Å². The van der Waals surface area contributed by atoms with E-state index in [0.29, 0.717) is 24.2 Å². The number of esters is 1. The number of rotatable bonds is 6. The molecule has 0 aromatic heterocycles. The Morgan fingerprint density at radius 3 is 2.38 bits per heavy atom. The first-order chi connectivity index (χ1) is 13.8. The molecule has 2 aromatic carbocycles. The van der Waals surface area contributed by atoms with Gasteiger partial charge >= 0.3 is 5.97 Å². The quantitative estimate of drug-likeness (QED) is 0.404. The minimum Gasteiger partial charge on any atom is -0.457 e. The number of carbonyl (C=O) groups excluding carboxylic acids is 1. The second-order valence-corrected chi connectivity index (χ2v) is 8.85. The van der Waals surface area contributed by atoms with Gasteiger partial charge in [0.15, 0.2) is 0 Å². The van der Waals surface area contributed by atoms with Gasteiger partial charge in [-0.2, -0.15) is 4.31 Å². The molecule has 1 aliphatic heterocycles. The molecule has 1 fully saturated rings. The summed E-state index contributed by atoms with van der Waals surface area (Å²) in [6.45, 7) is 2.59. The van der Waals surface area contributed by atoms with Gasteiger partial charge in [-0.1, -0.05) is 12.5 Å². The van der Waals surface area contributed by atoms with Gasteiger partial charge in [-0.25, -0.2) is 13.2 Å². The van der Waals surface area contributed by atoms with E-state index in [-0.39, 0.29) is 22.8 Å². The molecule has 9 heteroatoms. The number of carbonyl (C=O) groups is 1. The first-order valence-corrected chi connectivity index (χ1v) is 10.7. The molecule has 0 unspecified atom stereocenters. The second kappa shape index (κ2) is 8.71. The zero-order valence-corrected chi connectivity index (χ0v) is 16.9. The fourth-order valence-corrected chi connectivity index (χ4v) is 4.96. The molecule has 0 bridgehead atoms. The van der Waals surface area contributed by atoms with E-state index in [9.17, 15) is 23.3 Å². The predicted molar refractivity (Wildman–Crippen MR) is 106 cm³/mol. The van der Waals surface area contributed by atoms with Crippen molar-refractivity contribution in [2.24, 2.45) is 0 Å². The van der Waals surface area contributed by atoms with Gasteiger partial charge in [0.25, 0.3) is 5.69 Å². The number of nitrogens with zero attached hydrogens (tertiary/aromatic N) is 2. The molecule has 0 saturated carbocycles. The number of hydrogen-bond donors (Lipinski definition) is 0. The molecule has 0 aliphatic carbocycles. The van der Waals surface area contributed by atoms with E-state index in [1.54, 1.807) is 13.0 Å². The predicted octanol–water partition coefficient (Wildman–Crippen LogP) is 3.43. The van der Waals surface area contributed by atoms with E-state index in [0.717, 1.165) is 19.3 Å². The summed E-state index contributed by atoms with van der Waals surface area (Å²) in [7, 11) is -3.67. The summed E-state index contributed by atoms with van der Waals surface area (Å²) in [5.74, 6) is -0.654. The average Bonchev–Trinajstić information content (AvgIpc) is 2.73. The standard InChI is InChI=1S/C20H22N2O6S/c1-15-5-8-17(13-19(15)29(26,27)21-11-3-2-4-12-21)20(23)28-14-16-6-9-18(10-7-16)22(24)25/h5-10,13H,2-4,11-12,14H2,1H3. The first-order valence-electron chi connectivity index (χ1n) is 9.30. The third-order valence-electron chi connectivity index (χ3n) is 4.87. The Labute approximate surface area is 169 Å². The van der Waals surface area contributed by atoms with Crippen LogP contribution in [0.2, 0.25) is 0 Å². The number of piperidine rings is 1. The normalized spacial score (nSPS) is 15.1. The number of benzene rings is 2. The summed E-state index contributed by atoms with van der Waals surface area (Å²) >= 11 is 0. The highest BCUT2D eigenvalue weighted by molar-refractivity contribution is 7.89. The van der Waals surface area contributed by atoms with Crippen LogP contribution in [0.15, 0.2) is 47.4 Å². The highest BCUT2D eigenvalue weighted by atomic mass is 32.2. The van der Waals surface area contributed by atoms with Gasteiger partial charge in [0.2, 0.25) is 10.0 Å². The molecule has 2 aromatic rings. The van der Waals surface area contributed by atoms with Crippen LogP contribution in [-0.4, -0.2) is 36.7 Å². The molecule has 1 saturated heterocycles. The number of non-ortho nitro benzene ring substituents is 1. The van der Waals surface area contributed by atoms with Gasteiger partial charge in [-0.3, -0.25) is 10.1 Å². The minimum atomic E-state index is -3.67. The number of nitro benzene ring substituents is 1. The Kier molecular flexibility index (Phi) is 6.29. The van der Waals surface area contributed by atoms with Crippen LogP contribution in [-0.2, 0) is 21.4 Å². The second-order valence-electron chi connectivity index (χ2n) is 6.94. The van der Waals surface area contributed by atoms with E-state index in [1.807, 2.05) is 0 Å². The zero-order valence-electron chi connectivity index (χ0n) is 16.0. The van der Waals surface area contributed by atoms with Crippen LogP contribution in [0.1, 0.15) is 40.7 Å². The molecule has 8 nitrogen and oxygen atoms in total. The van der Waals surface area contributed by atoms with Gasteiger partial charge in [0.05, 0.1) is 15.4 Å². The maximum Gasteiger partial charge on any atom is 0.338 e. The van der Waals surface area contributed by atoms with Crippen LogP contribution in [0, 0.1) is 17.0 Å². The molecule has 29 heavy (non-hydrogen) atoms. The highest BCUT2D eigenvalue weighted by Gasteiger charge is 2.28. The number of sulfonamides is 1. The zero-order chi connectivity index (χ0) is 21.0. The van der Waals surface area contributed by atoms with E-state index in [4.69, 9.17) is 4.74 Å². The molecule has 0 spiro atoms. The van der Waals surface area contributed by atoms with E-state index >= 15 is 0 Å². The number of aryl methyl sites for hydroxylation is 1. The maximum atomic E-state index is 13.0. The van der Waals surface area contributed by atoms with Gasteiger partial charge < -0.3 is 4.74 Å². The van der Waals surface area contributed by atoms with Crippen molar-refractivity contribution in [1.29, 1.82) is 0 Å². The van der Waals surface area contributed by atoms with E-state index in [2.05, 4.69) is 0 Å². The monoisotopic (exact) mass is 418 g/mol. The summed E-state index contributed by atoms with van der Waals surface area (Å²) in [5.41, 5.74) is 1.26. The molecular formula is C20H22N2O6S. The third kappa shape index (κ3) is 4.80. The van der Waals surface area contributed by atoms with Crippen molar-refractivity contribution in [2.45, 2.75) is 37.7 Å². The fraction of sp³-hybridized carbons (Fsp3) is 0.350. The lowest BCUT2D eigenvalue weighted by molar-refractivity contribution is -0.384. The molecule has 0 N–H and O–H groups in total. The molecular weight excluding hydrogens is 396 g/mol. The van der Waals surface area contributed by atoms with Gasteiger partial charge in [-0.15, -0.1) is 0 Å². The lowest BCUT2D eigenvalue weighted by atomic mass is 10.1. The maximum absolute atomic E-state index is 13.0. The molecule has 1 aliphatic rings. The smallest absolute Gasteiger partial charge is 0.338 e. The van der Waals surface area contributed by atoms with Crippen LogP contribution in [0.4, 0.5) is 5.69 Å². The van der Waals surface area contributed by atoms with Crippen molar-refractivity contribution in [3.8, 4) is 0 Å². The summed E-state index contributed by atoms with van der Waals surface area (Å²) in [4.78, 5) is 22.7. The van der Waals surface area contributed by atoms with E-state index < -0.39 is 20.9 Å². The first kappa shape index (κ1) is 20.9. The number of nitro groups is 1. The fourth-order valence-electron chi connectivity index (χ4n) is 3.20. The van der Waals surface area contributed by atoms with Crippen molar-refractivity contribution in [2.75, 3.05) is 13.1 Å². The minimum absolute atomic E-state index is 0.0498. The van der Waals surface area contributed by atoms with Crippen molar-refractivity contribution in [3.63, 3.8) is 0 Å². The van der Waals surface area contributed by atoms with E-state index in [1.165, 1.54) is 40.7 Å². The van der Waals surface area contributed by atoms with Crippen LogP contribution in [0.25, 0.3) is 0 Å². The Bertz CT molecular complexity index is 1010.